The zero-order valence-electron chi connectivity index (χ0n) is 22.8. The van der Waals surface area contributed by atoms with E-state index in [1.807, 2.05) is 42.3 Å². The molecule has 2 aromatic rings. The van der Waals surface area contributed by atoms with Crippen LogP contribution in [0.3, 0.4) is 0 Å². The normalized spacial score (nSPS) is 17.0. The van der Waals surface area contributed by atoms with Crippen LogP contribution in [0.1, 0.15) is 44.2 Å². The third kappa shape index (κ3) is 8.00. The monoisotopic (exact) mass is 554 g/mol. The van der Waals surface area contributed by atoms with Crippen molar-refractivity contribution in [3.63, 3.8) is 0 Å². The van der Waals surface area contributed by atoms with Crippen molar-refractivity contribution in [3.8, 4) is 0 Å². The first-order chi connectivity index (χ1) is 18.8. The lowest BCUT2D eigenvalue weighted by molar-refractivity contribution is -0.147. The number of nitrogens with zero attached hydrogens (tertiary/aromatic N) is 2. The quantitative estimate of drug-likeness (QED) is 0.270. The average Bonchev–Trinajstić information content (AvgIpc) is 2.91. The van der Waals surface area contributed by atoms with Gasteiger partial charge < -0.3 is 19.1 Å². The van der Waals surface area contributed by atoms with Gasteiger partial charge >= 0.3 is 17.9 Å². The zero-order chi connectivity index (χ0) is 28.4. The van der Waals surface area contributed by atoms with Gasteiger partial charge in [0.15, 0.2) is 0 Å². The first kappa shape index (κ1) is 30.1. The Morgan fingerprint density at radius 2 is 1.62 bits per heavy atom. The van der Waals surface area contributed by atoms with E-state index in [1.54, 1.807) is 45.0 Å². The number of esters is 3. The fraction of sp³-hybridized carbons (Fsp3) is 0.400. The van der Waals surface area contributed by atoms with E-state index in [4.69, 9.17) is 25.8 Å². The van der Waals surface area contributed by atoms with Crippen LogP contribution in [0.15, 0.2) is 70.9 Å². The van der Waals surface area contributed by atoms with Crippen molar-refractivity contribution < 1.29 is 28.6 Å². The number of carbonyl (C=O) groups excluding carboxylic acids is 3. The molecule has 0 fully saturated rings. The van der Waals surface area contributed by atoms with Gasteiger partial charge in [0, 0.05) is 29.7 Å². The summed E-state index contributed by atoms with van der Waals surface area (Å²) in [6.07, 6.45) is 0.160. The van der Waals surface area contributed by atoms with Gasteiger partial charge in [-0.25, -0.2) is 4.79 Å². The molecule has 1 aliphatic rings. The Morgan fingerprint density at radius 3 is 2.28 bits per heavy atom. The molecule has 0 bridgehead atoms. The molecule has 0 saturated heterocycles. The summed E-state index contributed by atoms with van der Waals surface area (Å²) in [5.74, 6) is -3.32. The van der Waals surface area contributed by atoms with E-state index >= 15 is 0 Å². The second-order valence-electron chi connectivity index (χ2n) is 9.20. The number of halogens is 1. The first-order valence-electron chi connectivity index (χ1n) is 13.0. The van der Waals surface area contributed by atoms with Crippen molar-refractivity contribution in [1.29, 1.82) is 0 Å². The summed E-state index contributed by atoms with van der Waals surface area (Å²) in [6.45, 7) is 6.32. The van der Waals surface area contributed by atoms with Gasteiger partial charge in [0.1, 0.15) is 12.5 Å². The predicted octanol–water partition coefficient (Wildman–Crippen LogP) is 4.96. The Kier molecular flexibility index (Phi) is 11.3. The van der Waals surface area contributed by atoms with E-state index in [0.717, 1.165) is 5.56 Å². The number of aliphatic imine (C=N–C) groups is 1. The summed E-state index contributed by atoms with van der Waals surface area (Å²) in [5.41, 5.74) is 2.48. The molecule has 9 heteroatoms. The van der Waals surface area contributed by atoms with Gasteiger partial charge in [-0.1, -0.05) is 60.1 Å². The highest BCUT2D eigenvalue weighted by molar-refractivity contribution is 6.31. The van der Waals surface area contributed by atoms with E-state index in [1.165, 1.54) is 0 Å². The Hall–Kier alpha value is -3.49. The number of carbonyl (C=O) groups is 3. The largest absolute Gasteiger partial charge is 0.465 e. The van der Waals surface area contributed by atoms with Gasteiger partial charge in [-0.05, 0) is 45.0 Å². The van der Waals surface area contributed by atoms with Crippen LogP contribution >= 0.6 is 11.6 Å². The summed E-state index contributed by atoms with van der Waals surface area (Å²) in [6, 6.07) is 16.9. The van der Waals surface area contributed by atoms with Crippen LogP contribution in [-0.2, 0) is 35.1 Å². The lowest BCUT2D eigenvalue weighted by Gasteiger charge is -2.32. The zero-order valence-corrected chi connectivity index (χ0v) is 23.6. The minimum atomic E-state index is -0.893. The predicted molar refractivity (Wildman–Crippen MR) is 149 cm³/mol. The molecule has 39 heavy (non-hydrogen) atoms. The number of hydrogen-bond donors (Lipinski definition) is 0. The van der Waals surface area contributed by atoms with Crippen LogP contribution in [0.2, 0.25) is 5.02 Å². The molecule has 208 valence electrons. The molecular weight excluding hydrogens is 520 g/mol. The highest BCUT2D eigenvalue weighted by Crippen LogP contribution is 2.42. The fourth-order valence-corrected chi connectivity index (χ4v) is 4.83. The maximum absolute atomic E-state index is 13.3. The Bertz CT molecular complexity index is 1230. The van der Waals surface area contributed by atoms with Gasteiger partial charge in [-0.3, -0.25) is 14.6 Å². The van der Waals surface area contributed by atoms with Crippen LogP contribution in [0.25, 0.3) is 0 Å². The molecule has 2 atom stereocenters. The second kappa shape index (κ2) is 14.6. The molecule has 1 aliphatic heterocycles. The molecule has 0 radical (unpaired) electrons. The minimum absolute atomic E-state index is 0.116. The van der Waals surface area contributed by atoms with Crippen LogP contribution < -0.4 is 0 Å². The molecule has 0 aliphatic carbocycles. The van der Waals surface area contributed by atoms with E-state index in [-0.39, 0.29) is 37.5 Å². The average molecular weight is 555 g/mol. The third-order valence-corrected chi connectivity index (χ3v) is 6.70. The molecule has 0 spiro atoms. The maximum Gasteiger partial charge on any atom is 0.336 e. The highest BCUT2D eigenvalue weighted by Gasteiger charge is 2.44. The SMILES string of the molecule is CCOC(=O)C1=C(COC(=O)CCN(C)Cc2ccccc2)N=C(C)C(C(=O)OCC)C1c1ccccc1Cl. The minimum Gasteiger partial charge on any atom is -0.465 e. The topological polar surface area (TPSA) is 94.5 Å². The fourth-order valence-electron chi connectivity index (χ4n) is 4.57. The van der Waals surface area contributed by atoms with Crippen LogP contribution in [0.4, 0.5) is 0 Å². The molecule has 1 heterocycles. The molecule has 0 amide bonds. The molecule has 2 unspecified atom stereocenters. The molecular formula is C30H35ClN2O6. The van der Waals surface area contributed by atoms with Crippen LogP contribution in [0.5, 0.6) is 0 Å². The highest BCUT2D eigenvalue weighted by atomic mass is 35.5. The summed E-state index contributed by atoms with van der Waals surface area (Å²) >= 11 is 6.55. The van der Waals surface area contributed by atoms with Gasteiger partial charge in [-0.2, -0.15) is 0 Å². The van der Waals surface area contributed by atoms with Crippen molar-refractivity contribution in [1.82, 2.24) is 4.90 Å². The summed E-state index contributed by atoms with van der Waals surface area (Å²) in [5, 5.41) is 0.381. The van der Waals surface area contributed by atoms with Crippen molar-refractivity contribution in [2.45, 2.75) is 39.7 Å². The number of ether oxygens (including phenoxy) is 3. The standard InChI is InChI=1S/C30H35ClN2O6/c1-5-37-29(35)26-20(3)32-24(19-39-25(34)16-17-33(4)18-21-12-8-7-9-13-21)28(30(36)38-6-2)27(26)22-14-10-11-15-23(22)31/h7-15,26-27H,5-6,16-19H2,1-4H3. The molecule has 8 nitrogen and oxygen atoms in total. The molecule has 0 saturated carbocycles. The van der Waals surface area contributed by atoms with Gasteiger partial charge in [0.25, 0.3) is 0 Å². The number of hydrogen-bond acceptors (Lipinski definition) is 8. The van der Waals surface area contributed by atoms with Gasteiger partial charge in [0.2, 0.25) is 0 Å². The van der Waals surface area contributed by atoms with Gasteiger partial charge in [0.05, 0.1) is 30.9 Å². The van der Waals surface area contributed by atoms with Crippen molar-refractivity contribution >= 4 is 35.2 Å². The lowest BCUT2D eigenvalue weighted by Crippen LogP contribution is -2.37. The second-order valence-corrected chi connectivity index (χ2v) is 9.60. The van der Waals surface area contributed by atoms with E-state index in [2.05, 4.69) is 4.99 Å². The Balaban J connectivity index is 1.85. The lowest BCUT2D eigenvalue weighted by atomic mass is 9.75. The first-order valence-corrected chi connectivity index (χ1v) is 13.4. The van der Waals surface area contributed by atoms with Crippen molar-refractivity contribution in [3.05, 3.63) is 82.0 Å². The van der Waals surface area contributed by atoms with E-state index in [0.29, 0.717) is 29.4 Å². The number of benzene rings is 2. The summed E-state index contributed by atoms with van der Waals surface area (Å²) in [7, 11) is 1.93. The van der Waals surface area contributed by atoms with Crippen LogP contribution in [0, 0.1) is 5.92 Å². The van der Waals surface area contributed by atoms with E-state index in [9.17, 15) is 14.4 Å². The third-order valence-electron chi connectivity index (χ3n) is 6.36. The van der Waals surface area contributed by atoms with E-state index < -0.39 is 29.7 Å². The van der Waals surface area contributed by atoms with Crippen LogP contribution in [-0.4, -0.2) is 61.9 Å². The van der Waals surface area contributed by atoms with Gasteiger partial charge in [-0.15, -0.1) is 0 Å². The molecule has 3 rings (SSSR count). The maximum atomic E-state index is 13.3. The molecule has 0 aromatic heterocycles. The smallest absolute Gasteiger partial charge is 0.336 e. The number of rotatable bonds is 12. The molecule has 0 N–H and O–H groups in total. The summed E-state index contributed by atoms with van der Waals surface area (Å²) < 4.78 is 16.3. The van der Waals surface area contributed by atoms with Crippen molar-refractivity contribution in [2.24, 2.45) is 10.9 Å². The van der Waals surface area contributed by atoms with Crippen molar-refractivity contribution in [2.75, 3.05) is 33.4 Å². The molecule has 2 aromatic carbocycles. The Labute approximate surface area is 234 Å². The Morgan fingerprint density at radius 1 is 0.949 bits per heavy atom. The summed E-state index contributed by atoms with van der Waals surface area (Å²) in [4.78, 5) is 45.6.